The average molecular weight is 1060 g/mol. The summed E-state index contributed by atoms with van der Waals surface area (Å²) in [6.07, 6.45) is 2.75. The molecule has 0 saturated carbocycles. The lowest BCUT2D eigenvalue weighted by Crippen LogP contribution is -2.48. The summed E-state index contributed by atoms with van der Waals surface area (Å²) in [5.74, 6) is 0.274. The highest BCUT2D eigenvalue weighted by atomic mass is 16.6. The zero-order valence-corrected chi connectivity index (χ0v) is 51.6. The lowest BCUT2D eigenvalue weighted by atomic mass is 10.0. The minimum Gasteiger partial charge on any atom is -0.444 e. The molecule has 4 saturated heterocycles. The van der Waals surface area contributed by atoms with E-state index in [0.717, 1.165) is 52.2 Å². The van der Waals surface area contributed by atoms with Crippen molar-refractivity contribution in [3.8, 4) is 0 Å². The number of epoxide rings is 2. The number of β-amino-alcohol motifs (C(OH)–C–C–N with tert-alkyl or cyclic N) is 2. The van der Waals surface area contributed by atoms with Crippen LogP contribution in [0.2, 0.25) is 0 Å². The number of aliphatic hydroxyl groups is 2. The Hall–Kier alpha value is -3.74. The van der Waals surface area contributed by atoms with Crippen LogP contribution >= 0.6 is 0 Å². The monoisotopic (exact) mass is 1060 g/mol. The number of carbonyl (C=O) groups excluding carboxylic acids is 6. The summed E-state index contributed by atoms with van der Waals surface area (Å²) in [5, 5.41) is 18.9. The first-order valence-corrected chi connectivity index (χ1v) is 27.0. The molecule has 74 heavy (non-hydrogen) atoms. The molecular formula is C56H110N6O12. The first kappa shape index (κ1) is 72.3. The molecule has 2 N–H and O–H groups in total. The Morgan fingerprint density at radius 3 is 0.824 bits per heavy atom. The van der Waals surface area contributed by atoms with Gasteiger partial charge >= 0.3 is 12.2 Å². The van der Waals surface area contributed by atoms with Crippen molar-refractivity contribution in [2.45, 2.75) is 276 Å². The van der Waals surface area contributed by atoms with E-state index < -0.39 is 12.2 Å². The maximum atomic E-state index is 11.3. The third-order valence-corrected chi connectivity index (χ3v) is 12.3. The first-order chi connectivity index (χ1) is 33.3. The van der Waals surface area contributed by atoms with Crippen LogP contribution in [0.3, 0.4) is 0 Å². The molecule has 18 heteroatoms. The number of ether oxygens (including phenoxy) is 4. The number of aliphatic hydroxyl groups excluding tert-OH is 2. The van der Waals surface area contributed by atoms with Gasteiger partial charge in [-0.05, 0) is 150 Å². The van der Waals surface area contributed by atoms with Crippen molar-refractivity contribution in [1.29, 1.82) is 0 Å². The van der Waals surface area contributed by atoms with Crippen LogP contribution in [0.5, 0.6) is 0 Å². The first-order valence-electron chi connectivity index (χ1n) is 27.0. The van der Waals surface area contributed by atoms with E-state index in [0.29, 0.717) is 25.9 Å². The molecule has 436 valence electrons. The van der Waals surface area contributed by atoms with Gasteiger partial charge in [-0.1, -0.05) is 27.7 Å². The summed E-state index contributed by atoms with van der Waals surface area (Å²) in [7, 11) is 0. The van der Waals surface area contributed by atoms with Crippen LogP contribution < -0.4 is 0 Å². The van der Waals surface area contributed by atoms with E-state index in [2.05, 4.69) is 0 Å². The molecule has 0 bridgehead atoms. The van der Waals surface area contributed by atoms with E-state index in [9.17, 15) is 39.0 Å². The van der Waals surface area contributed by atoms with Gasteiger partial charge in [-0.3, -0.25) is 29.0 Å². The molecule has 0 aromatic rings. The Morgan fingerprint density at radius 1 is 0.473 bits per heavy atom. The van der Waals surface area contributed by atoms with Crippen LogP contribution in [0, 0.1) is 0 Å². The molecule has 4 fully saturated rings. The van der Waals surface area contributed by atoms with E-state index in [-0.39, 0.29) is 93.5 Å². The van der Waals surface area contributed by atoms with Crippen molar-refractivity contribution in [1.82, 2.24) is 29.4 Å². The van der Waals surface area contributed by atoms with Crippen molar-refractivity contribution in [3.63, 3.8) is 0 Å². The largest absolute Gasteiger partial charge is 0.444 e. The summed E-state index contributed by atoms with van der Waals surface area (Å²) >= 11 is 0. The van der Waals surface area contributed by atoms with Gasteiger partial charge in [0.05, 0.1) is 50.7 Å². The van der Waals surface area contributed by atoms with Gasteiger partial charge in [0.25, 0.3) is 0 Å². The molecule has 0 radical (unpaired) electrons. The van der Waals surface area contributed by atoms with E-state index in [1.165, 1.54) is 13.8 Å². The molecule has 4 aliphatic rings. The second-order valence-electron chi connectivity index (χ2n) is 25.6. The zero-order valence-electron chi connectivity index (χ0n) is 51.6. The minimum absolute atomic E-state index is 0.0139. The van der Waals surface area contributed by atoms with Crippen LogP contribution in [0.4, 0.5) is 9.59 Å². The third kappa shape index (κ3) is 29.5. The molecule has 0 unspecified atom stereocenters. The number of rotatable bonds is 12. The number of hydrogen-bond donors (Lipinski definition) is 2. The summed E-state index contributed by atoms with van der Waals surface area (Å²) in [4.78, 5) is 78.2. The number of cyclic esters (lactones) is 2. The maximum Gasteiger partial charge on any atom is 0.410 e. The van der Waals surface area contributed by atoms with Crippen LogP contribution in [-0.2, 0) is 38.1 Å². The van der Waals surface area contributed by atoms with Gasteiger partial charge in [-0.15, -0.1) is 0 Å². The Kier molecular flexibility index (Phi) is 30.2. The second kappa shape index (κ2) is 30.9. The quantitative estimate of drug-likeness (QED) is 0.176. The van der Waals surface area contributed by atoms with E-state index in [1.54, 1.807) is 33.4 Å². The van der Waals surface area contributed by atoms with Gasteiger partial charge in [0.15, 0.2) is 0 Å². The average Bonchev–Trinajstić information content (AvgIpc) is 4.16. The number of carbonyl (C=O) groups is 6. The molecule has 18 nitrogen and oxygen atoms in total. The predicted octanol–water partition coefficient (Wildman–Crippen LogP) is 8.90. The molecule has 0 spiro atoms. The highest BCUT2D eigenvalue weighted by molar-refractivity contribution is 5.75. The lowest BCUT2D eigenvalue weighted by Gasteiger charge is -2.36. The van der Waals surface area contributed by atoms with Crippen molar-refractivity contribution in [2.24, 2.45) is 0 Å². The summed E-state index contributed by atoms with van der Waals surface area (Å²) in [6, 6.07) is 0. The third-order valence-electron chi connectivity index (χ3n) is 12.3. The zero-order chi connectivity index (χ0) is 58.7. The highest BCUT2D eigenvalue weighted by Crippen LogP contribution is 2.25. The SMILES string of the molecule is CC(=O)N(C[C@@H]1CO1)C(C)(C)C.CC(=O)N(C[C@H]1CO1)C(C)(C)C.CC[C@@H](O)CN(C(C)=O)C(C)(C)C.CC[C@@H]1CN(C(C)(C)C)C(=O)O1.CC[C@H](O)CN(C(C)=O)C(C)(C)C.CC[C@H]1CN(C(C)(C)C)C(=O)O1. The summed E-state index contributed by atoms with van der Waals surface area (Å²) in [6.45, 7) is 55.7. The minimum atomic E-state index is -0.414. The number of hydrogen-bond acceptors (Lipinski definition) is 12. The smallest absolute Gasteiger partial charge is 0.410 e. The van der Waals surface area contributed by atoms with Crippen molar-refractivity contribution < 1.29 is 57.9 Å². The van der Waals surface area contributed by atoms with Crippen molar-refractivity contribution in [2.75, 3.05) is 52.5 Å². The topological polar surface area (TPSA) is 206 Å². The van der Waals surface area contributed by atoms with Gasteiger partial charge in [-0.25, -0.2) is 9.59 Å². The number of amides is 6. The molecule has 4 aliphatic heterocycles. The van der Waals surface area contributed by atoms with Crippen LogP contribution in [0.25, 0.3) is 0 Å². The van der Waals surface area contributed by atoms with Crippen molar-refractivity contribution >= 4 is 35.8 Å². The predicted molar refractivity (Wildman–Crippen MR) is 295 cm³/mol. The lowest BCUT2D eigenvalue weighted by molar-refractivity contribution is -0.136. The summed E-state index contributed by atoms with van der Waals surface area (Å²) in [5.41, 5.74) is -0.804. The Balaban J connectivity index is 0. The number of nitrogens with zero attached hydrogens (tertiary/aromatic N) is 6. The fourth-order valence-corrected chi connectivity index (χ4v) is 7.50. The Morgan fingerprint density at radius 2 is 0.703 bits per heavy atom. The van der Waals surface area contributed by atoms with E-state index in [1.807, 2.05) is 162 Å². The van der Waals surface area contributed by atoms with Crippen LogP contribution in [0.1, 0.15) is 206 Å². The van der Waals surface area contributed by atoms with Crippen molar-refractivity contribution in [3.05, 3.63) is 0 Å². The molecule has 0 aromatic heterocycles. The standard InChI is InChI=1S/2C10H21NO2.4C9H17NO2/c2*1-6-9(13)7-11(8(2)12)10(3,4)5;2*1-7(11)10(9(2,3)4)5-8-6-12-8;2*1-5-7-6-10(8(11)12-7)9(2,3)4/h2*9,13H,6-7H2,1-5H3;2*8H,5-6H2,1-4H3;2*7H,5-6H2,1-4H3/t2*9-;2*8-;2*7-/m101010/s1. The second-order valence-corrected chi connectivity index (χ2v) is 25.6. The van der Waals surface area contributed by atoms with Gasteiger partial charge < -0.3 is 48.8 Å². The van der Waals surface area contributed by atoms with Gasteiger partial charge in [0, 0.05) is 87.1 Å². The normalized spacial score (nSPS) is 20.1. The van der Waals surface area contributed by atoms with E-state index in [4.69, 9.17) is 18.9 Å². The van der Waals surface area contributed by atoms with Crippen LogP contribution in [-0.4, -0.2) is 198 Å². The Labute approximate surface area is 449 Å². The molecule has 4 rings (SSSR count). The molecule has 0 aliphatic carbocycles. The van der Waals surface area contributed by atoms with Crippen LogP contribution in [0.15, 0.2) is 0 Å². The van der Waals surface area contributed by atoms with Gasteiger partial charge in [-0.2, -0.15) is 0 Å². The van der Waals surface area contributed by atoms with E-state index >= 15 is 0 Å². The maximum absolute atomic E-state index is 11.3. The fourth-order valence-electron chi connectivity index (χ4n) is 7.50. The van der Waals surface area contributed by atoms with Gasteiger partial charge in [0.2, 0.25) is 23.6 Å². The molecule has 6 amide bonds. The van der Waals surface area contributed by atoms with Gasteiger partial charge in [0.1, 0.15) is 12.2 Å². The molecular weight excluding hydrogens is 949 g/mol. The summed E-state index contributed by atoms with van der Waals surface area (Å²) < 4.78 is 20.5. The fraction of sp³-hybridized carbons (Fsp3) is 0.893. The Bertz CT molecular complexity index is 1590. The molecule has 6 atom stereocenters. The molecule has 0 aromatic carbocycles. The highest BCUT2D eigenvalue weighted by Gasteiger charge is 2.39. The molecule has 4 heterocycles.